The van der Waals surface area contributed by atoms with E-state index in [4.69, 9.17) is 0 Å². The Balaban J connectivity index is 0. The molecule has 0 heterocycles. The quantitative estimate of drug-likeness (QED) is 0.362. The molecule has 0 atom stereocenters. The molecule has 0 aromatic carbocycles. The van der Waals surface area contributed by atoms with E-state index in [0.717, 1.165) is 0 Å². The summed E-state index contributed by atoms with van der Waals surface area (Å²) in [6.07, 6.45) is 15.1. The van der Waals surface area contributed by atoms with E-state index in [1.807, 2.05) is 0 Å². The predicted molar refractivity (Wildman–Crippen MR) is 68.8 cm³/mol. The Kier molecular flexibility index (Phi) is 21.4. The lowest BCUT2D eigenvalue weighted by atomic mass is 10.2. The molecule has 86 valence electrons. The maximum Gasteiger partial charge on any atom is -0.0351 e. The van der Waals surface area contributed by atoms with Crippen molar-refractivity contribution < 1.29 is 0 Å². The standard InChI is InChI=1S/C8H16.C6H14/c1-3-5-7-8-6-4-2;1-3-5-6-4-2/h5,7H,3-4,6,8H2,1-2H3;3-6H2,1-2H3. The van der Waals surface area contributed by atoms with Crippen LogP contribution in [0.2, 0.25) is 0 Å². The number of unbranched alkanes of at least 4 members (excludes halogenated alkanes) is 5. The molecule has 0 N–H and O–H groups in total. The molecule has 0 fully saturated rings. The summed E-state index contributed by atoms with van der Waals surface area (Å²) in [7, 11) is 0. The van der Waals surface area contributed by atoms with Gasteiger partial charge in [0.05, 0.1) is 0 Å². The van der Waals surface area contributed by atoms with Crippen molar-refractivity contribution in [1.29, 1.82) is 0 Å². The van der Waals surface area contributed by atoms with Crippen LogP contribution in [-0.2, 0) is 0 Å². The molecule has 0 amide bonds. The van der Waals surface area contributed by atoms with Gasteiger partial charge in [0.25, 0.3) is 0 Å². The van der Waals surface area contributed by atoms with Crippen LogP contribution in [0.1, 0.15) is 79.1 Å². The Morgan fingerprint density at radius 2 is 1.14 bits per heavy atom. The minimum Gasteiger partial charge on any atom is -0.0888 e. The lowest BCUT2D eigenvalue weighted by Gasteiger charge is -1.86. The number of hydrogen-bond donors (Lipinski definition) is 0. The average molecular weight is 198 g/mol. The lowest BCUT2D eigenvalue weighted by molar-refractivity contribution is 0.702. The van der Waals surface area contributed by atoms with Gasteiger partial charge in [0.1, 0.15) is 0 Å². The van der Waals surface area contributed by atoms with Crippen LogP contribution in [0.25, 0.3) is 0 Å². The predicted octanol–water partition coefficient (Wildman–Crippen LogP) is 5.73. The molecule has 0 aromatic rings. The maximum atomic E-state index is 2.27. The SMILES string of the molecule is CCC=CCCCC.CCCCCC. The molecule has 0 bridgehead atoms. The van der Waals surface area contributed by atoms with Gasteiger partial charge in [-0.05, 0) is 12.8 Å². The third-order valence-corrected chi connectivity index (χ3v) is 2.08. The highest BCUT2D eigenvalue weighted by Gasteiger charge is 1.75. The van der Waals surface area contributed by atoms with Crippen LogP contribution in [0.4, 0.5) is 0 Å². The van der Waals surface area contributed by atoms with E-state index >= 15 is 0 Å². The van der Waals surface area contributed by atoms with Crippen molar-refractivity contribution in [2.24, 2.45) is 0 Å². The highest BCUT2D eigenvalue weighted by Crippen LogP contribution is 1.95. The normalized spacial score (nSPS) is 10.0. The van der Waals surface area contributed by atoms with Gasteiger partial charge in [-0.25, -0.2) is 0 Å². The minimum absolute atomic E-state index is 1.18. The van der Waals surface area contributed by atoms with Crippen molar-refractivity contribution in [2.75, 3.05) is 0 Å². The molecule has 0 aliphatic carbocycles. The molecule has 14 heavy (non-hydrogen) atoms. The topological polar surface area (TPSA) is 0 Å². The van der Waals surface area contributed by atoms with E-state index in [9.17, 15) is 0 Å². The molecule has 0 aliphatic heterocycles. The third kappa shape index (κ3) is 22.6. The Bertz CT molecular complexity index is 88.2. The summed E-state index contributed by atoms with van der Waals surface area (Å²) >= 11 is 0. The second-order valence-electron chi connectivity index (χ2n) is 3.73. The van der Waals surface area contributed by atoms with E-state index in [1.165, 1.54) is 51.4 Å². The van der Waals surface area contributed by atoms with Crippen LogP contribution in [0.3, 0.4) is 0 Å². The van der Waals surface area contributed by atoms with Gasteiger partial charge in [-0.3, -0.25) is 0 Å². The summed E-state index contributed by atoms with van der Waals surface area (Å²) in [5.41, 5.74) is 0. The third-order valence-electron chi connectivity index (χ3n) is 2.08. The van der Waals surface area contributed by atoms with Crippen molar-refractivity contribution in [2.45, 2.75) is 79.1 Å². The zero-order chi connectivity index (χ0) is 11.1. The van der Waals surface area contributed by atoms with Crippen molar-refractivity contribution in [1.82, 2.24) is 0 Å². The van der Waals surface area contributed by atoms with Crippen molar-refractivity contribution >= 4 is 0 Å². The zero-order valence-corrected chi connectivity index (χ0v) is 10.8. The van der Waals surface area contributed by atoms with Gasteiger partial charge in [0.15, 0.2) is 0 Å². The fourth-order valence-electron chi connectivity index (χ4n) is 1.11. The zero-order valence-electron chi connectivity index (χ0n) is 10.8. The fraction of sp³-hybridized carbons (Fsp3) is 0.857. The Labute approximate surface area is 91.8 Å². The van der Waals surface area contributed by atoms with Crippen LogP contribution in [-0.4, -0.2) is 0 Å². The van der Waals surface area contributed by atoms with Gasteiger partial charge >= 0.3 is 0 Å². The van der Waals surface area contributed by atoms with Crippen LogP contribution >= 0.6 is 0 Å². The largest absolute Gasteiger partial charge is 0.0888 e. The molecule has 0 saturated heterocycles. The Morgan fingerprint density at radius 1 is 0.643 bits per heavy atom. The van der Waals surface area contributed by atoms with Crippen molar-refractivity contribution in [3.05, 3.63) is 12.2 Å². The van der Waals surface area contributed by atoms with Crippen molar-refractivity contribution in [3.8, 4) is 0 Å². The van der Waals surface area contributed by atoms with Gasteiger partial charge in [-0.1, -0.05) is 78.4 Å². The second kappa shape index (κ2) is 18.5. The van der Waals surface area contributed by atoms with Gasteiger partial charge in [-0.2, -0.15) is 0 Å². The molecule has 0 nitrogen and oxygen atoms in total. The van der Waals surface area contributed by atoms with Gasteiger partial charge in [-0.15, -0.1) is 0 Å². The summed E-state index contributed by atoms with van der Waals surface area (Å²) in [6, 6.07) is 0. The van der Waals surface area contributed by atoms with Crippen LogP contribution in [0.15, 0.2) is 12.2 Å². The summed E-state index contributed by atoms with van der Waals surface area (Å²) in [6.45, 7) is 8.85. The first-order valence-corrected chi connectivity index (χ1v) is 6.48. The highest BCUT2D eigenvalue weighted by atomic mass is 13.8. The van der Waals surface area contributed by atoms with Gasteiger partial charge in [0, 0.05) is 0 Å². The molecule has 0 radical (unpaired) electrons. The molecule has 0 unspecified atom stereocenters. The second-order valence-corrected chi connectivity index (χ2v) is 3.73. The first-order valence-electron chi connectivity index (χ1n) is 6.48. The van der Waals surface area contributed by atoms with E-state index in [0.29, 0.717) is 0 Å². The van der Waals surface area contributed by atoms with E-state index < -0.39 is 0 Å². The Hall–Kier alpha value is -0.260. The maximum absolute atomic E-state index is 2.27. The Morgan fingerprint density at radius 3 is 1.50 bits per heavy atom. The fourth-order valence-corrected chi connectivity index (χ4v) is 1.11. The average Bonchev–Trinajstić information content (AvgIpc) is 2.22. The first kappa shape index (κ1) is 16.2. The molecule has 0 aliphatic rings. The highest BCUT2D eigenvalue weighted by molar-refractivity contribution is 4.79. The summed E-state index contributed by atoms with van der Waals surface area (Å²) in [4.78, 5) is 0. The number of allylic oxidation sites excluding steroid dienone is 2. The molecule has 0 rings (SSSR count). The van der Waals surface area contributed by atoms with Crippen LogP contribution in [0, 0.1) is 0 Å². The number of rotatable bonds is 7. The summed E-state index contributed by atoms with van der Waals surface area (Å²) < 4.78 is 0. The van der Waals surface area contributed by atoms with Crippen LogP contribution < -0.4 is 0 Å². The molecule has 0 aromatic heterocycles. The molecule has 0 spiro atoms. The van der Waals surface area contributed by atoms with Crippen LogP contribution in [0.5, 0.6) is 0 Å². The number of hydrogen-bond acceptors (Lipinski definition) is 0. The monoisotopic (exact) mass is 198 g/mol. The van der Waals surface area contributed by atoms with E-state index in [2.05, 4.69) is 39.8 Å². The van der Waals surface area contributed by atoms with Crippen molar-refractivity contribution in [3.63, 3.8) is 0 Å². The summed E-state index contributed by atoms with van der Waals surface area (Å²) in [5.74, 6) is 0. The van der Waals surface area contributed by atoms with E-state index in [1.54, 1.807) is 0 Å². The first-order chi connectivity index (χ1) is 6.83. The molecular formula is C14H30. The molecular weight excluding hydrogens is 168 g/mol. The summed E-state index contributed by atoms with van der Waals surface area (Å²) in [5, 5.41) is 0. The van der Waals surface area contributed by atoms with Gasteiger partial charge in [0.2, 0.25) is 0 Å². The van der Waals surface area contributed by atoms with E-state index in [-0.39, 0.29) is 0 Å². The lowest BCUT2D eigenvalue weighted by Crippen LogP contribution is -1.66. The molecule has 0 saturated carbocycles. The smallest absolute Gasteiger partial charge is 0.0351 e. The molecule has 0 heteroatoms. The minimum atomic E-state index is 1.18. The van der Waals surface area contributed by atoms with Gasteiger partial charge < -0.3 is 0 Å².